The smallest absolute Gasteiger partial charge is 0.156 e. The average Bonchev–Trinajstić information content (AvgIpc) is 2.78. The summed E-state index contributed by atoms with van der Waals surface area (Å²) < 4.78 is 25.7. The first kappa shape index (κ1) is 15.1. The maximum atomic E-state index is 12.2. The molecule has 4 nitrogen and oxygen atoms in total. The van der Waals surface area contributed by atoms with Crippen LogP contribution < -0.4 is 5.73 Å². The SMILES string of the molecule is CC(C)(C)S(=O)(=O)CCn1ccc2cccc(CN)c21. The van der Waals surface area contributed by atoms with Crippen molar-refractivity contribution in [2.75, 3.05) is 5.75 Å². The molecule has 2 rings (SSSR count). The van der Waals surface area contributed by atoms with Gasteiger partial charge in [0.15, 0.2) is 9.84 Å². The van der Waals surface area contributed by atoms with Gasteiger partial charge in [-0.3, -0.25) is 0 Å². The summed E-state index contributed by atoms with van der Waals surface area (Å²) >= 11 is 0. The Morgan fingerprint density at radius 2 is 1.90 bits per heavy atom. The fourth-order valence-electron chi connectivity index (χ4n) is 2.22. The van der Waals surface area contributed by atoms with Crippen LogP contribution in [-0.2, 0) is 22.9 Å². The molecule has 0 aliphatic heterocycles. The largest absolute Gasteiger partial charge is 0.346 e. The zero-order valence-electron chi connectivity index (χ0n) is 12.3. The van der Waals surface area contributed by atoms with Gasteiger partial charge >= 0.3 is 0 Å². The van der Waals surface area contributed by atoms with Gasteiger partial charge in [0.2, 0.25) is 0 Å². The highest BCUT2D eigenvalue weighted by Crippen LogP contribution is 2.22. The van der Waals surface area contributed by atoms with E-state index in [9.17, 15) is 8.42 Å². The predicted octanol–water partition coefficient (Wildman–Crippen LogP) is 2.31. The number of aryl methyl sites for hydroxylation is 1. The van der Waals surface area contributed by atoms with Crippen molar-refractivity contribution in [2.45, 2.75) is 38.6 Å². The van der Waals surface area contributed by atoms with Gasteiger partial charge in [-0.25, -0.2) is 8.42 Å². The Balaban J connectivity index is 2.32. The molecule has 0 spiro atoms. The van der Waals surface area contributed by atoms with Crippen LogP contribution in [0.15, 0.2) is 30.5 Å². The van der Waals surface area contributed by atoms with Crippen molar-refractivity contribution in [1.82, 2.24) is 4.57 Å². The van der Waals surface area contributed by atoms with E-state index >= 15 is 0 Å². The zero-order valence-corrected chi connectivity index (χ0v) is 13.1. The summed E-state index contributed by atoms with van der Waals surface area (Å²) in [6.45, 7) is 6.12. The molecule has 0 radical (unpaired) electrons. The fraction of sp³-hybridized carbons (Fsp3) is 0.467. The van der Waals surface area contributed by atoms with E-state index in [1.807, 2.05) is 35.0 Å². The van der Waals surface area contributed by atoms with Gasteiger partial charge in [-0.2, -0.15) is 0 Å². The van der Waals surface area contributed by atoms with Gasteiger partial charge in [0.05, 0.1) is 16.0 Å². The lowest BCUT2D eigenvalue weighted by atomic mass is 10.1. The molecule has 0 aliphatic rings. The number of benzene rings is 1. The van der Waals surface area contributed by atoms with Crippen LogP contribution in [0.1, 0.15) is 26.3 Å². The molecule has 5 heteroatoms. The second kappa shape index (κ2) is 5.22. The lowest BCUT2D eigenvalue weighted by molar-refractivity contribution is 0.554. The fourth-order valence-corrected chi connectivity index (χ4v) is 3.27. The van der Waals surface area contributed by atoms with E-state index in [0.717, 1.165) is 16.5 Å². The van der Waals surface area contributed by atoms with Crippen LogP contribution in [0.4, 0.5) is 0 Å². The number of fused-ring (bicyclic) bond motifs is 1. The van der Waals surface area contributed by atoms with E-state index in [-0.39, 0.29) is 5.75 Å². The Labute approximate surface area is 120 Å². The highest BCUT2D eigenvalue weighted by atomic mass is 32.2. The maximum absolute atomic E-state index is 12.2. The zero-order chi connectivity index (χ0) is 15.0. The van der Waals surface area contributed by atoms with Crippen LogP contribution in [0.25, 0.3) is 10.9 Å². The van der Waals surface area contributed by atoms with Gasteiger partial charge < -0.3 is 10.3 Å². The van der Waals surface area contributed by atoms with E-state index in [4.69, 9.17) is 5.73 Å². The van der Waals surface area contributed by atoms with Crippen molar-refractivity contribution in [3.8, 4) is 0 Å². The molecule has 0 saturated carbocycles. The highest BCUT2D eigenvalue weighted by Gasteiger charge is 2.28. The number of hydrogen-bond acceptors (Lipinski definition) is 3. The number of rotatable bonds is 4. The highest BCUT2D eigenvalue weighted by molar-refractivity contribution is 7.92. The van der Waals surface area contributed by atoms with E-state index in [0.29, 0.717) is 13.1 Å². The second-order valence-electron chi connectivity index (χ2n) is 6.00. The van der Waals surface area contributed by atoms with Crippen LogP contribution in [0.5, 0.6) is 0 Å². The van der Waals surface area contributed by atoms with Crippen molar-refractivity contribution >= 4 is 20.7 Å². The van der Waals surface area contributed by atoms with Crippen molar-refractivity contribution in [3.63, 3.8) is 0 Å². The van der Waals surface area contributed by atoms with Crippen molar-refractivity contribution < 1.29 is 8.42 Å². The van der Waals surface area contributed by atoms with Crippen molar-refractivity contribution in [2.24, 2.45) is 5.73 Å². The topological polar surface area (TPSA) is 65.1 Å². The summed E-state index contributed by atoms with van der Waals surface area (Å²) in [5.41, 5.74) is 7.85. The summed E-state index contributed by atoms with van der Waals surface area (Å²) in [5, 5.41) is 1.10. The molecule has 2 N–H and O–H groups in total. The first-order chi connectivity index (χ1) is 9.26. The van der Waals surface area contributed by atoms with Gasteiger partial charge in [0.25, 0.3) is 0 Å². The summed E-state index contributed by atoms with van der Waals surface area (Å²) in [4.78, 5) is 0. The Morgan fingerprint density at radius 3 is 2.50 bits per heavy atom. The molecule has 0 aliphatic carbocycles. The van der Waals surface area contributed by atoms with E-state index < -0.39 is 14.6 Å². The van der Waals surface area contributed by atoms with Crippen LogP contribution >= 0.6 is 0 Å². The summed E-state index contributed by atoms with van der Waals surface area (Å²) in [5.74, 6) is 0.138. The molecule has 20 heavy (non-hydrogen) atoms. The van der Waals surface area contributed by atoms with Gasteiger partial charge in [-0.05, 0) is 37.8 Å². The van der Waals surface area contributed by atoms with Gasteiger partial charge in [-0.15, -0.1) is 0 Å². The van der Waals surface area contributed by atoms with E-state index in [1.165, 1.54) is 0 Å². The molecule has 0 fully saturated rings. The molecule has 1 aromatic heterocycles. The molecular weight excluding hydrogens is 272 g/mol. The normalized spacial score (nSPS) is 13.0. The first-order valence-electron chi connectivity index (χ1n) is 6.75. The Bertz CT molecular complexity index is 709. The Kier molecular flexibility index (Phi) is 3.93. The Hall–Kier alpha value is -1.33. The maximum Gasteiger partial charge on any atom is 0.156 e. The quantitative estimate of drug-likeness (QED) is 0.941. The van der Waals surface area contributed by atoms with Crippen LogP contribution in [0, 0.1) is 0 Å². The van der Waals surface area contributed by atoms with Crippen LogP contribution in [0.3, 0.4) is 0 Å². The lowest BCUT2D eigenvalue weighted by Crippen LogP contribution is -2.31. The molecule has 110 valence electrons. The van der Waals surface area contributed by atoms with E-state index in [2.05, 4.69) is 0 Å². The number of sulfone groups is 1. The monoisotopic (exact) mass is 294 g/mol. The lowest BCUT2D eigenvalue weighted by Gasteiger charge is -2.19. The van der Waals surface area contributed by atoms with Gasteiger partial charge in [-0.1, -0.05) is 18.2 Å². The first-order valence-corrected chi connectivity index (χ1v) is 8.40. The molecule has 1 aromatic carbocycles. The van der Waals surface area contributed by atoms with Crippen LogP contribution in [0.2, 0.25) is 0 Å². The molecular formula is C15H22N2O2S. The van der Waals surface area contributed by atoms with Crippen molar-refractivity contribution in [3.05, 3.63) is 36.0 Å². The number of nitrogens with two attached hydrogens (primary N) is 1. The number of nitrogens with zero attached hydrogens (tertiary/aromatic N) is 1. The number of para-hydroxylation sites is 1. The predicted molar refractivity (Wildman–Crippen MR) is 83.4 cm³/mol. The minimum atomic E-state index is -3.11. The van der Waals surface area contributed by atoms with Gasteiger partial charge in [0.1, 0.15) is 0 Å². The minimum Gasteiger partial charge on any atom is -0.346 e. The third-order valence-electron chi connectivity index (χ3n) is 3.63. The molecule has 0 bridgehead atoms. The van der Waals surface area contributed by atoms with Crippen LogP contribution in [-0.4, -0.2) is 23.5 Å². The molecule has 2 aromatic rings. The minimum absolute atomic E-state index is 0.138. The van der Waals surface area contributed by atoms with Gasteiger partial charge in [0, 0.05) is 19.3 Å². The number of aromatic nitrogens is 1. The summed E-state index contributed by atoms with van der Waals surface area (Å²) in [6, 6.07) is 7.97. The molecule has 0 saturated heterocycles. The molecule has 0 amide bonds. The van der Waals surface area contributed by atoms with E-state index in [1.54, 1.807) is 20.8 Å². The summed E-state index contributed by atoms with van der Waals surface area (Å²) in [6.07, 6.45) is 1.93. The number of hydrogen-bond donors (Lipinski definition) is 1. The average molecular weight is 294 g/mol. The Morgan fingerprint density at radius 1 is 1.20 bits per heavy atom. The van der Waals surface area contributed by atoms with Crippen molar-refractivity contribution in [1.29, 1.82) is 0 Å². The third kappa shape index (κ3) is 2.74. The molecule has 1 heterocycles. The second-order valence-corrected chi connectivity index (χ2v) is 8.86. The summed E-state index contributed by atoms with van der Waals surface area (Å²) in [7, 11) is -3.11. The molecule has 0 unspecified atom stereocenters. The molecule has 0 atom stereocenters. The standard InChI is InChI=1S/C15H22N2O2S/c1-15(2,3)20(18,19)10-9-17-8-7-12-5-4-6-13(11-16)14(12)17/h4-8H,9-11,16H2,1-3H3. The third-order valence-corrected chi connectivity index (χ3v) is 6.21.